The van der Waals surface area contributed by atoms with Gasteiger partial charge in [-0.2, -0.15) is 0 Å². The lowest BCUT2D eigenvalue weighted by Gasteiger charge is -2.00. The molecule has 0 saturated carbocycles. The van der Waals surface area contributed by atoms with Crippen LogP contribution in [0.5, 0.6) is 0 Å². The van der Waals surface area contributed by atoms with E-state index < -0.39 is 0 Å². The summed E-state index contributed by atoms with van der Waals surface area (Å²) in [7, 11) is 0.191. The topological polar surface area (TPSA) is 18.5 Å². The van der Waals surface area contributed by atoms with Crippen molar-refractivity contribution < 1.29 is 9.05 Å². The first-order valence-corrected chi connectivity index (χ1v) is 4.34. The van der Waals surface area contributed by atoms with Gasteiger partial charge in [-0.25, -0.2) is 0 Å². The van der Waals surface area contributed by atoms with Gasteiger partial charge in [-0.3, -0.25) is 0 Å². The van der Waals surface area contributed by atoms with Crippen LogP contribution in [0, 0.1) is 0 Å². The molecule has 0 radical (unpaired) electrons. The van der Waals surface area contributed by atoms with Crippen LogP contribution in [0.25, 0.3) is 0 Å². The van der Waals surface area contributed by atoms with Crippen molar-refractivity contribution in [2.45, 2.75) is 13.2 Å². The molecule has 58 valence electrons. The number of benzene rings is 1. The van der Waals surface area contributed by atoms with E-state index in [4.69, 9.17) is 9.05 Å². The third kappa shape index (κ3) is 1.59. The van der Waals surface area contributed by atoms with Crippen molar-refractivity contribution in [3.05, 3.63) is 35.4 Å². The maximum atomic E-state index is 5.23. The van der Waals surface area contributed by atoms with E-state index in [2.05, 4.69) is 12.1 Å². The van der Waals surface area contributed by atoms with Gasteiger partial charge in [0, 0.05) is 0 Å². The predicted octanol–water partition coefficient (Wildman–Crippen LogP) is 2.24. The van der Waals surface area contributed by atoms with E-state index >= 15 is 0 Å². The molecule has 0 spiro atoms. The molecule has 11 heavy (non-hydrogen) atoms. The normalized spacial score (nSPS) is 17.1. The van der Waals surface area contributed by atoms with Gasteiger partial charge in [0.05, 0.1) is 13.2 Å². The third-order valence-electron chi connectivity index (χ3n) is 1.69. The van der Waals surface area contributed by atoms with Gasteiger partial charge in [0.1, 0.15) is 0 Å². The van der Waals surface area contributed by atoms with Gasteiger partial charge in [-0.15, -0.1) is 0 Å². The highest BCUT2D eigenvalue weighted by Gasteiger charge is 2.05. The molecule has 0 saturated heterocycles. The fraction of sp³-hybridized carbons (Fsp3) is 0.250. The zero-order valence-electron chi connectivity index (χ0n) is 6.04. The summed E-state index contributed by atoms with van der Waals surface area (Å²) in [5.41, 5.74) is 2.50. The maximum Gasteiger partial charge on any atom is 0.155 e. The second-order valence-corrected chi connectivity index (χ2v) is 3.17. The Morgan fingerprint density at radius 1 is 1.00 bits per heavy atom. The Hall–Kier alpha value is -0.430. The summed E-state index contributed by atoms with van der Waals surface area (Å²) in [6, 6.07) is 8.20. The van der Waals surface area contributed by atoms with E-state index in [1.165, 1.54) is 11.1 Å². The second-order valence-electron chi connectivity index (χ2n) is 2.43. The minimum atomic E-state index is 0.191. The maximum absolute atomic E-state index is 5.23. The van der Waals surface area contributed by atoms with E-state index in [9.17, 15) is 0 Å². The number of hydrogen-bond acceptors (Lipinski definition) is 2. The zero-order valence-corrected chi connectivity index (χ0v) is 7.04. The smallest absolute Gasteiger partial charge is 0.155 e. The fourth-order valence-electron chi connectivity index (χ4n) is 1.10. The van der Waals surface area contributed by atoms with Gasteiger partial charge < -0.3 is 9.05 Å². The minimum absolute atomic E-state index is 0.191. The highest BCUT2D eigenvalue weighted by molar-refractivity contribution is 7.26. The third-order valence-corrected chi connectivity index (χ3v) is 2.22. The van der Waals surface area contributed by atoms with Crippen LogP contribution in [0.1, 0.15) is 11.1 Å². The Morgan fingerprint density at radius 2 is 1.55 bits per heavy atom. The monoisotopic (exact) mass is 168 g/mol. The first-order chi connectivity index (χ1) is 5.47. The Kier molecular flexibility index (Phi) is 2.18. The van der Waals surface area contributed by atoms with E-state index in [0.29, 0.717) is 13.2 Å². The average molecular weight is 168 g/mol. The molecule has 0 unspecified atom stereocenters. The van der Waals surface area contributed by atoms with E-state index in [1.807, 2.05) is 12.1 Å². The molecule has 1 heterocycles. The van der Waals surface area contributed by atoms with Crippen LogP contribution in [0.15, 0.2) is 24.3 Å². The van der Waals surface area contributed by atoms with Crippen LogP contribution in [-0.2, 0) is 22.3 Å². The zero-order chi connectivity index (χ0) is 7.52. The van der Waals surface area contributed by atoms with Gasteiger partial charge in [0.15, 0.2) is 9.03 Å². The lowest BCUT2D eigenvalue weighted by Crippen LogP contribution is -1.89. The largest absolute Gasteiger partial charge is 0.331 e. The first kappa shape index (κ1) is 7.23. The number of fused-ring (bicyclic) bond motifs is 1. The molecule has 1 aliphatic rings. The predicted molar refractivity (Wildman–Crippen MR) is 44.3 cm³/mol. The second kappa shape index (κ2) is 3.31. The SMILES string of the molecule is c1ccc2c(c1)COPOC2. The molecule has 0 bridgehead atoms. The van der Waals surface area contributed by atoms with Crippen LogP contribution in [0.3, 0.4) is 0 Å². The van der Waals surface area contributed by atoms with E-state index in [0.717, 1.165) is 0 Å². The quantitative estimate of drug-likeness (QED) is 0.553. The molecule has 0 atom stereocenters. The number of rotatable bonds is 0. The van der Waals surface area contributed by atoms with Gasteiger partial charge in [0.25, 0.3) is 0 Å². The molecule has 1 aliphatic heterocycles. The summed E-state index contributed by atoms with van der Waals surface area (Å²) in [6.45, 7) is 1.38. The summed E-state index contributed by atoms with van der Waals surface area (Å²) in [5.74, 6) is 0. The van der Waals surface area contributed by atoms with Crippen molar-refractivity contribution in [1.82, 2.24) is 0 Å². The fourth-order valence-corrected chi connectivity index (χ4v) is 1.61. The highest BCUT2D eigenvalue weighted by Crippen LogP contribution is 2.25. The first-order valence-electron chi connectivity index (χ1n) is 3.52. The van der Waals surface area contributed by atoms with Crippen LogP contribution in [0.2, 0.25) is 0 Å². The van der Waals surface area contributed by atoms with Gasteiger partial charge >= 0.3 is 0 Å². The molecule has 1 aromatic rings. The van der Waals surface area contributed by atoms with Crippen molar-refractivity contribution >= 4 is 9.03 Å². The highest BCUT2D eigenvalue weighted by atomic mass is 31.1. The molecule has 0 fully saturated rings. The molecular formula is C8H9O2P. The van der Waals surface area contributed by atoms with Crippen LogP contribution in [-0.4, -0.2) is 0 Å². The molecular weight excluding hydrogens is 159 g/mol. The van der Waals surface area contributed by atoms with Crippen molar-refractivity contribution in [2.24, 2.45) is 0 Å². The van der Waals surface area contributed by atoms with Gasteiger partial charge in [-0.1, -0.05) is 24.3 Å². The Labute approximate surface area is 67.5 Å². The van der Waals surface area contributed by atoms with Crippen molar-refractivity contribution in [1.29, 1.82) is 0 Å². The van der Waals surface area contributed by atoms with Gasteiger partial charge in [0.2, 0.25) is 0 Å². The molecule has 3 heteroatoms. The van der Waals surface area contributed by atoms with Crippen molar-refractivity contribution in [3.63, 3.8) is 0 Å². The molecule has 0 aliphatic carbocycles. The molecule has 2 nitrogen and oxygen atoms in total. The van der Waals surface area contributed by atoms with Crippen LogP contribution < -0.4 is 0 Å². The van der Waals surface area contributed by atoms with Crippen molar-refractivity contribution in [2.75, 3.05) is 0 Å². The summed E-state index contributed by atoms with van der Waals surface area (Å²) in [6.07, 6.45) is 0. The summed E-state index contributed by atoms with van der Waals surface area (Å²) < 4.78 is 10.5. The Bertz CT molecular complexity index is 225. The molecule has 0 amide bonds. The lowest BCUT2D eigenvalue weighted by molar-refractivity contribution is 0.273. The minimum Gasteiger partial charge on any atom is -0.331 e. The van der Waals surface area contributed by atoms with E-state index in [-0.39, 0.29) is 9.03 Å². The van der Waals surface area contributed by atoms with Crippen LogP contribution in [0.4, 0.5) is 0 Å². The Balaban J connectivity index is 2.33. The summed E-state index contributed by atoms with van der Waals surface area (Å²) >= 11 is 0. The van der Waals surface area contributed by atoms with Gasteiger partial charge in [-0.05, 0) is 11.1 Å². The molecule has 0 N–H and O–H groups in total. The number of hydrogen-bond donors (Lipinski definition) is 0. The summed E-state index contributed by atoms with van der Waals surface area (Å²) in [4.78, 5) is 0. The van der Waals surface area contributed by atoms with Crippen LogP contribution >= 0.6 is 9.03 Å². The molecule has 0 aromatic heterocycles. The Morgan fingerprint density at radius 3 is 2.09 bits per heavy atom. The lowest BCUT2D eigenvalue weighted by atomic mass is 10.1. The molecule has 1 aromatic carbocycles. The molecule has 2 rings (SSSR count). The van der Waals surface area contributed by atoms with E-state index in [1.54, 1.807) is 0 Å². The van der Waals surface area contributed by atoms with Crippen molar-refractivity contribution in [3.8, 4) is 0 Å². The summed E-state index contributed by atoms with van der Waals surface area (Å²) in [5, 5.41) is 0. The standard InChI is InChI=1S/C8H9O2P/c1-2-4-8-6-10-11-9-5-7(8)3-1/h1-4,11H,5-6H2. The average Bonchev–Trinajstić information content (AvgIpc) is 2.28.